The number of hydrogen-bond donors (Lipinski definition) is 1. The van der Waals surface area contributed by atoms with E-state index in [9.17, 15) is 4.39 Å². The maximum atomic E-state index is 13.3. The predicted octanol–water partition coefficient (Wildman–Crippen LogP) is 3.30. The summed E-state index contributed by atoms with van der Waals surface area (Å²) in [5.74, 6) is -0.236. The normalized spacial score (nSPS) is 11.7. The summed E-state index contributed by atoms with van der Waals surface area (Å²) in [6.45, 7) is 6.15. The lowest BCUT2D eigenvalue weighted by Gasteiger charge is -2.17. The Hall–Kier alpha value is -0.700. The predicted molar refractivity (Wildman–Crippen MR) is 56.4 cm³/mol. The molecule has 1 aromatic rings. The molecule has 0 bridgehead atoms. The number of nitrogen functional groups attached to an aromatic ring is 1. The van der Waals surface area contributed by atoms with E-state index in [1.165, 1.54) is 17.8 Å². The molecule has 0 heterocycles. The molecule has 3 heteroatoms. The molecule has 0 spiro atoms. The Bertz CT molecular complexity index is 304. The van der Waals surface area contributed by atoms with Crippen LogP contribution in [0, 0.1) is 5.82 Å². The van der Waals surface area contributed by atoms with Gasteiger partial charge < -0.3 is 5.73 Å². The minimum atomic E-state index is -0.236. The van der Waals surface area contributed by atoms with Crippen LogP contribution in [0.3, 0.4) is 0 Å². The van der Waals surface area contributed by atoms with Crippen molar-refractivity contribution in [3.8, 4) is 0 Å². The smallest absolute Gasteiger partial charge is 0.138 e. The third kappa shape index (κ3) is 3.27. The van der Waals surface area contributed by atoms with Gasteiger partial charge in [-0.1, -0.05) is 20.8 Å². The number of rotatable bonds is 1. The van der Waals surface area contributed by atoms with E-state index >= 15 is 0 Å². The molecule has 0 aromatic heterocycles. The van der Waals surface area contributed by atoms with E-state index in [1.807, 2.05) is 20.8 Å². The van der Waals surface area contributed by atoms with Gasteiger partial charge in [-0.3, -0.25) is 0 Å². The van der Waals surface area contributed by atoms with Crippen molar-refractivity contribution in [3.05, 3.63) is 24.0 Å². The summed E-state index contributed by atoms with van der Waals surface area (Å²) in [5, 5.41) is 0. The van der Waals surface area contributed by atoms with E-state index in [0.717, 1.165) is 0 Å². The summed E-state index contributed by atoms with van der Waals surface area (Å²) < 4.78 is 13.3. The second-order valence-corrected chi connectivity index (χ2v) is 5.77. The van der Waals surface area contributed by atoms with Gasteiger partial charge in [0.05, 0.1) is 0 Å². The van der Waals surface area contributed by atoms with Crippen molar-refractivity contribution >= 4 is 17.4 Å². The highest BCUT2D eigenvalue weighted by Crippen LogP contribution is 2.33. The van der Waals surface area contributed by atoms with E-state index in [-0.39, 0.29) is 10.6 Å². The average Bonchev–Trinajstić information content (AvgIpc) is 1.93. The standard InChI is InChI=1S/C10H14FNS/c1-10(2,3)13-9-5-4-7(12)6-8(9)11/h4-6H,12H2,1-3H3. The molecule has 0 saturated heterocycles. The van der Waals surface area contributed by atoms with Crippen molar-refractivity contribution in [3.63, 3.8) is 0 Å². The molecule has 0 atom stereocenters. The third-order valence-corrected chi connectivity index (χ3v) is 2.54. The van der Waals surface area contributed by atoms with Gasteiger partial charge >= 0.3 is 0 Å². The molecule has 0 unspecified atom stereocenters. The zero-order chi connectivity index (χ0) is 10.1. The van der Waals surface area contributed by atoms with E-state index in [1.54, 1.807) is 12.1 Å². The number of benzene rings is 1. The van der Waals surface area contributed by atoms with E-state index in [0.29, 0.717) is 10.6 Å². The van der Waals surface area contributed by atoms with Crippen LogP contribution in [0.5, 0.6) is 0 Å². The van der Waals surface area contributed by atoms with Crippen LogP contribution in [0.1, 0.15) is 20.8 Å². The molecule has 0 aliphatic carbocycles. The Morgan fingerprint density at radius 2 is 1.92 bits per heavy atom. The molecule has 2 N–H and O–H groups in total. The van der Waals surface area contributed by atoms with Crippen LogP contribution in [0.2, 0.25) is 0 Å². The number of nitrogens with two attached hydrogens (primary N) is 1. The first kappa shape index (κ1) is 10.4. The molecular formula is C10H14FNS. The van der Waals surface area contributed by atoms with Gasteiger partial charge in [-0.05, 0) is 18.2 Å². The van der Waals surface area contributed by atoms with Gasteiger partial charge in [-0.15, -0.1) is 11.8 Å². The zero-order valence-corrected chi connectivity index (χ0v) is 8.91. The fraction of sp³-hybridized carbons (Fsp3) is 0.400. The second-order valence-electron chi connectivity index (χ2n) is 3.90. The van der Waals surface area contributed by atoms with Gasteiger partial charge in [-0.25, -0.2) is 4.39 Å². The third-order valence-electron chi connectivity index (χ3n) is 1.37. The number of halogens is 1. The van der Waals surface area contributed by atoms with Crippen molar-refractivity contribution in [2.75, 3.05) is 5.73 Å². The van der Waals surface area contributed by atoms with Gasteiger partial charge in [0.25, 0.3) is 0 Å². The van der Waals surface area contributed by atoms with E-state index in [2.05, 4.69) is 0 Å². The maximum Gasteiger partial charge on any atom is 0.138 e. The second kappa shape index (κ2) is 3.58. The van der Waals surface area contributed by atoms with Gasteiger partial charge in [-0.2, -0.15) is 0 Å². The molecule has 0 saturated carbocycles. The van der Waals surface area contributed by atoms with Crippen LogP contribution in [0.4, 0.5) is 10.1 Å². The maximum absolute atomic E-state index is 13.3. The lowest BCUT2D eigenvalue weighted by atomic mass is 10.3. The molecular weight excluding hydrogens is 185 g/mol. The minimum Gasteiger partial charge on any atom is -0.399 e. The molecule has 1 rings (SSSR count). The molecule has 0 aliphatic heterocycles. The Morgan fingerprint density at radius 3 is 2.38 bits per heavy atom. The molecule has 0 fully saturated rings. The lowest BCUT2D eigenvalue weighted by molar-refractivity contribution is 0.601. The van der Waals surface area contributed by atoms with Crippen molar-refractivity contribution in [2.45, 2.75) is 30.4 Å². The van der Waals surface area contributed by atoms with Gasteiger partial charge in [0, 0.05) is 15.3 Å². The molecule has 0 radical (unpaired) electrons. The highest BCUT2D eigenvalue weighted by Gasteiger charge is 2.14. The fourth-order valence-electron chi connectivity index (χ4n) is 0.930. The Balaban J connectivity index is 2.90. The quantitative estimate of drug-likeness (QED) is 0.554. The highest BCUT2D eigenvalue weighted by atomic mass is 32.2. The van der Waals surface area contributed by atoms with Gasteiger partial charge in [0.2, 0.25) is 0 Å². The number of anilines is 1. The van der Waals surface area contributed by atoms with Crippen LogP contribution < -0.4 is 5.73 Å². The minimum absolute atomic E-state index is 0.0248. The van der Waals surface area contributed by atoms with Crippen LogP contribution in [0.15, 0.2) is 23.1 Å². The van der Waals surface area contributed by atoms with Crippen molar-refractivity contribution in [1.29, 1.82) is 0 Å². The highest BCUT2D eigenvalue weighted by molar-refractivity contribution is 8.00. The molecule has 0 aliphatic rings. The molecule has 13 heavy (non-hydrogen) atoms. The summed E-state index contributed by atoms with van der Waals surface area (Å²) in [7, 11) is 0. The first-order valence-electron chi connectivity index (χ1n) is 4.12. The SMILES string of the molecule is CC(C)(C)Sc1ccc(N)cc1F. The Kier molecular flexibility index (Phi) is 2.86. The first-order valence-corrected chi connectivity index (χ1v) is 4.94. The largest absolute Gasteiger partial charge is 0.399 e. The summed E-state index contributed by atoms with van der Waals surface area (Å²) in [4.78, 5) is 0.654. The van der Waals surface area contributed by atoms with Gasteiger partial charge in [0.15, 0.2) is 0 Å². The van der Waals surface area contributed by atoms with Crippen LogP contribution in [-0.2, 0) is 0 Å². The van der Waals surface area contributed by atoms with Crippen LogP contribution in [-0.4, -0.2) is 4.75 Å². The molecule has 0 amide bonds. The zero-order valence-electron chi connectivity index (χ0n) is 8.10. The lowest BCUT2D eigenvalue weighted by Crippen LogP contribution is -2.07. The monoisotopic (exact) mass is 199 g/mol. The summed E-state index contributed by atoms with van der Waals surface area (Å²) in [5.41, 5.74) is 5.91. The topological polar surface area (TPSA) is 26.0 Å². The summed E-state index contributed by atoms with van der Waals surface area (Å²) in [6, 6.07) is 4.80. The van der Waals surface area contributed by atoms with Crippen LogP contribution in [0.25, 0.3) is 0 Å². The van der Waals surface area contributed by atoms with Gasteiger partial charge in [0.1, 0.15) is 5.82 Å². The average molecular weight is 199 g/mol. The summed E-state index contributed by atoms with van der Waals surface area (Å²) in [6.07, 6.45) is 0. The Morgan fingerprint density at radius 1 is 1.31 bits per heavy atom. The molecule has 1 aromatic carbocycles. The molecule has 72 valence electrons. The van der Waals surface area contributed by atoms with E-state index in [4.69, 9.17) is 5.73 Å². The van der Waals surface area contributed by atoms with Crippen LogP contribution >= 0.6 is 11.8 Å². The number of thioether (sulfide) groups is 1. The number of hydrogen-bond acceptors (Lipinski definition) is 2. The Labute approximate surface area is 82.5 Å². The van der Waals surface area contributed by atoms with Crippen molar-refractivity contribution in [1.82, 2.24) is 0 Å². The molecule has 1 nitrogen and oxygen atoms in total. The van der Waals surface area contributed by atoms with E-state index < -0.39 is 0 Å². The summed E-state index contributed by atoms with van der Waals surface area (Å²) >= 11 is 1.51. The van der Waals surface area contributed by atoms with Crippen molar-refractivity contribution in [2.24, 2.45) is 0 Å². The fourth-order valence-corrected chi connectivity index (χ4v) is 1.88. The van der Waals surface area contributed by atoms with Crippen molar-refractivity contribution < 1.29 is 4.39 Å². The first-order chi connectivity index (χ1) is 5.88.